The maximum Gasteiger partial charge on any atom is 0.243 e. The van der Waals surface area contributed by atoms with Crippen molar-refractivity contribution >= 4 is 11.9 Å². The molecular weight excluding hydrogens is 372 g/mol. The average molecular weight is 402 g/mol. The number of benzene rings is 1. The summed E-state index contributed by atoms with van der Waals surface area (Å²) in [6.07, 6.45) is 2.37. The van der Waals surface area contributed by atoms with Crippen molar-refractivity contribution in [3.8, 4) is 11.5 Å². The minimum atomic E-state index is -0.0641. The third kappa shape index (κ3) is 6.74. The van der Waals surface area contributed by atoms with Gasteiger partial charge in [-0.25, -0.2) is 4.99 Å². The van der Waals surface area contributed by atoms with Crippen molar-refractivity contribution in [3.05, 3.63) is 47.9 Å². The van der Waals surface area contributed by atoms with E-state index in [9.17, 15) is 4.79 Å². The molecule has 1 amide bonds. The standard InChI is InChI=1S/C21H30N4O4/c1-24(2)20(26)14-23-21(22-11-10-17-7-6-12-29-17)25(3)15-16-8-9-18(27-4)13-19(16)28-5/h6-9,12-13H,10-11,14-15H2,1-5H3,(H,22,23). The number of hydrogen-bond acceptors (Lipinski definition) is 5. The molecular formula is C21H30N4O4. The van der Waals surface area contributed by atoms with Crippen LogP contribution in [-0.4, -0.2) is 70.1 Å². The fraction of sp³-hybridized carbons (Fsp3) is 0.429. The van der Waals surface area contributed by atoms with E-state index in [4.69, 9.17) is 13.9 Å². The highest BCUT2D eigenvalue weighted by Gasteiger charge is 2.13. The van der Waals surface area contributed by atoms with Crippen LogP contribution in [0.2, 0.25) is 0 Å². The number of ether oxygens (including phenoxy) is 2. The molecule has 2 aromatic rings. The van der Waals surface area contributed by atoms with Crippen molar-refractivity contribution < 1.29 is 18.7 Å². The van der Waals surface area contributed by atoms with E-state index >= 15 is 0 Å². The molecule has 1 heterocycles. The van der Waals surface area contributed by atoms with Crippen LogP contribution in [0.15, 0.2) is 46.0 Å². The van der Waals surface area contributed by atoms with Gasteiger partial charge in [0, 0.05) is 52.3 Å². The average Bonchev–Trinajstić information content (AvgIpc) is 3.23. The molecule has 1 N–H and O–H groups in total. The molecule has 0 aliphatic heterocycles. The van der Waals surface area contributed by atoms with E-state index in [1.807, 2.05) is 42.3 Å². The van der Waals surface area contributed by atoms with Crippen molar-refractivity contribution in [1.82, 2.24) is 15.1 Å². The number of furan rings is 1. The Morgan fingerprint density at radius 3 is 2.59 bits per heavy atom. The van der Waals surface area contributed by atoms with Crippen LogP contribution in [0.1, 0.15) is 11.3 Å². The van der Waals surface area contributed by atoms with Crippen molar-refractivity contribution in [2.75, 3.05) is 48.5 Å². The third-order valence-electron chi connectivity index (χ3n) is 4.36. The predicted molar refractivity (Wildman–Crippen MR) is 112 cm³/mol. The van der Waals surface area contributed by atoms with Crippen LogP contribution >= 0.6 is 0 Å². The molecule has 0 saturated carbocycles. The van der Waals surface area contributed by atoms with Crippen molar-refractivity contribution in [2.24, 2.45) is 4.99 Å². The van der Waals surface area contributed by atoms with Crippen molar-refractivity contribution in [2.45, 2.75) is 13.0 Å². The number of likely N-dealkylation sites (N-methyl/N-ethyl adjacent to an activating group) is 1. The molecule has 2 rings (SSSR count). The SMILES string of the molecule is COc1ccc(CN(C)C(=NCC(=O)N(C)C)NCCc2ccco2)c(OC)c1. The van der Waals surface area contributed by atoms with Gasteiger partial charge in [-0.1, -0.05) is 0 Å². The Morgan fingerprint density at radius 2 is 1.97 bits per heavy atom. The molecule has 29 heavy (non-hydrogen) atoms. The summed E-state index contributed by atoms with van der Waals surface area (Å²) in [4.78, 5) is 20.0. The summed E-state index contributed by atoms with van der Waals surface area (Å²) in [5.74, 6) is 2.92. The molecule has 0 unspecified atom stereocenters. The van der Waals surface area contributed by atoms with Crippen LogP contribution < -0.4 is 14.8 Å². The number of nitrogens with one attached hydrogen (secondary N) is 1. The van der Waals surface area contributed by atoms with Gasteiger partial charge in [-0.3, -0.25) is 4.79 Å². The first kappa shape index (κ1) is 22.1. The molecule has 0 fully saturated rings. The van der Waals surface area contributed by atoms with Gasteiger partial charge in [-0.15, -0.1) is 0 Å². The van der Waals surface area contributed by atoms with Gasteiger partial charge < -0.3 is 29.0 Å². The first-order valence-corrected chi connectivity index (χ1v) is 9.37. The molecule has 158 valence electrons. The molecule has 0 aliphatic rings. The van der Waals surface area contributed by atoms with E-state index in [2.05, 4.69) is 10.3 Å². The van der Waals surface area contributed by atoms with Gasteiger partial charge in [0.25, 0.3) is 0 Å². The van der Waals surface area contributed by atoms with Crippen LogP contribution in [0, 0.1) is 0 Å². The van der Waals surface area contributed by atoms with E-state index in [0.29, 0.717) is 25.5 Å². The second-order valence-electron chi connectivity index (χ2n) is 6.72. The zero-order chi connectivity index (χ0) is 21.2. The van der Waals surface area contributed by atoms with Crippen molar-refractivity contribution in [3.63, 3.8) is 0 Å². The zero-order valence-electron chi connectivity index (χ0n) is 17.8. The zero-order valence-corrected chi connectivity index (χ0v) is 17.8. The number of methoxy groups -OCH3 is 2. The van der Waals surface area contributed by atoms with Gasteiger partial charge in [-0.05, 0) is 24.3 Å². The summed E-state index contributed by atoms with van der Waals surface area (Å²) in [7, 11) is 8.60. The summed E-state index contributed by atoms with van der Waals surface area (Å²) in [6.45, 7) is 1.25. The van der Waals surface area contributed by atoms with Crippen LogP contribution in [0.3, 0.4) is 0 Å². The van der Waals surface area contributed by atoms with Gasteiger partial charge in [0.05, 0.1) is 20.5 Å². The summed E-state index contributed by atoms with van der Waals surface area (Å²) in [5, 5.41) is 3.31. The highest BCUT2D eigenvalue weighted by molar-refractivity contribution is 5.84. The molecule has 1 aromatic carbocycles. The van der Waals surface area contributed by atoms with Gasteiger partial charge in [0.2, 0.25) is 5.91 Å². The normalized spacial score (nSPS) is 11.1. The number of amides is 1. The summed E-state index contributed by atoms with van der Waals surface area (Å²) >= 11 is 0. The maximum atomic E-state index is 12.0. The maximum absolute atomic E-state index is 12.0. The summed E-state index contributed by atoms with van der Waals surface area (Å²) in [5.41, 5.74) is 0.982. The van der Waals surface area contributed by atoms with Crippen LogP contribution in [0.4, 0.5) is 0 Å². The highest BCUT2D eigenvalue weighted by atomic mass is 16.5. The number of carbonyl (C=O) groups excluding carboxylic acids is 1. The number of nitrogens with zero attached hydrogens (tertiary/aromatic N) is 3. The number of carbonyl (C=O) groups is 1. The number of guanidine groups is 1. The largest absolute Gasteiger partial charge is 0.497 e. The van der Waals surface area contributed by atoms with Gasteiger partial charge in [0.15, 0.2) is 5.96 Å². The smallest absolute Gasteiger partial charge is 0.243 e. The first-order valence-electron chi connectivity index (χ1n) is 9.37. The molecule has 8 nitrogen and oxygen atoms in total. The number of hydrogen-bond donors (Lipinski definition) is 1. The fourth-order valence-electron chi connectivity index (χ4n) is 2.66. The van der Waals surface area contributed by atoms with Crippen molar-refractivity contribution in [1.29, 1.82) is 0 Å². The second-order valence-corrected chi connectivity index (χ2v) is 6.72. The lowest BCUT2D eigenvalue weighted by molar-refractivity contribution is -0.127. The minimum Gasteiger partial charge on any atom is -0.497 e. The fourth-order valence-corrected chi connectivity index (χ4v) is 2.66. The molecule has 0 spiro atoms. The van der Waals surface area contributed by atoms with Gasteiger partial charge in [0.1, 0.15) is 23.8 Å². The Hall–Kier alpha value is -3.16. The summed E-state index contributed by atoms with van der Waals surface area (Å²) < 4.78 is 16.1. The van der Waals surface area contributed by atoms with E-state index in [1.54, 1.807) is 34.6 Å². The number of aliphatic imine (C=N–C) groups is 1. The predicted octanol–water partition coefficient (Wildman–Crippen LogP) is 2.01. The third-order valence-corrected chi connectivity index (χ3v) is 4.36. The molecule has 8 heteroatoms. The lowest BCUT2D eigenvalue weighted by Crippen LogP contribution is -2.40. The topological polar surface area (TPSA) is 79.5 Å². The lowest BCUT2D eigenvalue weighted by Gasteiger charge is -2.24. The quantitative estimate of drug-likeness (QED) is 0.511. The molecule has 1 aromatic heterocycles. The Balaban J connectivity index is 2.10. The molecule has 0 aliphatic carbocycles. The molecule has 0 bridgehead atoms. The van der Waals surface area contributed by atoms with E-state index < -0.39 is 0 Å². The lowest BCUT2D eigenvalue weighted by atomic mass is 10.2. The molecule has 0 saturated heterocycles. The molecule has 0 radical (unpaired) electrons. The van der Waals surface area contributed by atoms with Gasteiger partial charge in [-0.2, -0.15) is 0 Å². The second kappa shape index (κ2) is 11.0. The Labute approximate surface area is 172 Å². The van der Waals surface area contributed by atoms with Crippen LogP contribution in [0.25, 0.3) is 0 Å². The Kier molecular flexibility index (Phi) is 8.39. The van der Waals surface area contributed by atoms with Crippen LogP contribution in [-0.2, 0) is 17.8 Å². The van der Waals surface area contributed by atoms with Crippen LogP contribution in [0.5, 0.6) is 11.5 Å². The Bertz CT molecular complexity index is 803. The number of rotatable bonds is 9. The van der Waals surface area contributed by atoms with E-state index in [1.165, 1.54) is 4.90 Å². The molecule has 0 atom stereocenters. The Morgan fingerprint density at radius 1 is 1.17 bits per heavy atom. The first-order chi connectivity index (χ1) is 13.9. The monoisotopic (exact) mass is 402 g/mol. The summed E-state index contributed by atoms with van der Waals surface area (Å²) in [6, 6.07) is 9.49. The van der Waals surface area contributed by atoms with E-state index in [-0.39, 0.29) is 12.5 Å². The minimum absolute atomic E-state index is 0.0641. The van der Waals surface area contributed by atoms with E-state index in [0.717, 1.165) is 22.8 Å². The van der Waals surface area contributed by atoms with Gasteiger partial charge >= 0.3 is 0 Å². The highest BCUT2D eigenvalue weighted by Crippen LogP contribution is 2.25.